The van der Waals surface area contributed by atoms with Crippen molar-refractivity contribution in [1.29, 1.82) is 0 Å². The maximum Gasteiger partial charge on any atom is 0.223 e. The SMILES string of the molecule is COc1ccc(OCCC(=O)NCC(C)(CO)Cc2ccccc2)cc1. The van der Waals surface area contributed by atoms with E-state index < -0.39 is 5.41 Å². The maximum atomic E-state index is 12.1. The summed E-state index contributed by atoms with van der Waals surface area (Å²) in [4.78, 5) is 12.1. The second kappa shape index (κ2) is 9.82. The molecule has 0 aromatic heterocycles. The Morgan fingerprint density at radius 2 is 1.73 bits per heavy atom. The molecule has 1 unspecified atom stereocenters. The lowest BCUT2D eigenvalue weighted by Crippen LogP contribution is -2.39. The van der Waals surface area contributed by atoms with Crippen LogP contribution in [0.25, 0.3) is 0 Å². The molecule has 0 saturated carbocycles. The number of rotatable bonds is 10. The molecule has 0 radical (unpaired) electrons. The van der Waals surface area contributed by atoms with E-state index in [0.717, 1.165) is 11.3 Å². The summed E-state index contributed by atoms with van der Waals surface area (Å²) in [5.74, 6) is 1.37. The van der Waals surface area contributed by atoms with Gasteiger partial charge in [-0.05, 0) is 36.2 Å². The molecule has 0 aliphatic carbocycles. The molecule has 0 fully saturated rings. The van der Waals surface area contributed by atoms with Gasteiger partial charge in [0.2, 0.25) is 5.91 Å². The van der Waals surface area contributed by atoms with Gasteiger partial charge in [0, 0.05) is 12.0 Å². The van der Waals surface area contributed by atoms with Gasteiger partial charge >= 0.3 is 0 Å². The molecule has 5 heteroatoms. The first-order chi connectivity index (χ1) is 12.5. The molecule has 2 rings (SSSR count). The van der Waals surface area contributed by atoms with Crippen molar-refractivity contribution in [3.8, 4) is 11.5 Å². The van der Waals surface area contributed by atoms with E-state index in [1.807, 2.05) is 49.4 Å². The molecule has 26 heavy (non-hydrogen) atoms. The molecule has 1 atom stereocenters. The van der Waals surface area contributed by atoms with Crippen molar-refractivity contribution in [3.05, 3.63) is 60.2 Å². The largest absolute Gasteiger partial charge is 0.497 e. The average Bonchev–Trinajstić information content (AvgIpc) is 2.68. The molecular weight excluding hydrogens is 330 g/mol. The summed E-state index contributed by atoms with van der Waals surface area (Å²) < 4.78 is 10.7. The molecule has 2 aromatic rings. The van der Waals surface area contributed by atoms with E-state index >= 15 is 0 Å². The Morgan fingerprint density at radius 3 is 2.35 bits per heavy atom. The second-order valence-electron chi connectivity index (χ2n) is 6.68. The predicted octanol–water partition coefficient (Wildman–Crippen LogP) is 2.82. The van der Waals surface area contributed by atoms with Crippen molar-refractivity contribution in [3.63, 3.8) is 0 Å². The molecule has 0 heterocycles. The van der Waals surface area contributed by atoms with E-state index in [2.05, 4.69) is 5.32 Å². The van der Waals surface area contributed by atoms with Crippen LogP contribution in [-0.2, 0) is 11.2 Å². The van der Waals surface area contributed by atoms with Gasteiger partial charge in [0.15, 0.2) is 0 Å². The number of hydrogen-bond acceptors (Lipinski definition) is 4. The van der Waals surface area contributed by atoms with Crippen LogP contribution in [0.5, 0.6) is 11.5 Å². The van der Waals surface area contributed by atoms with E-state index in [4.69, 9.17) is 9.47 Å². The minimum absolute atomic E-state index is 0.00449. The van der Waals surface area contributed by atoms with Gasteiger partial charge in [0.25, 0.3) is 0 Å². The van der Waals surface area contributed by atoms with E-state index in [1.54, 1.807) is 19.2 Å². The van der Waals surface area contributed by atoms with Crippen LogP contribution in [0, 0.1) is 5.41 Å². The number of carbonyl (C=O) groups is 1. The summed E-state index contributed by atoms with van der Waals surface area (Å²) in [5.41, 5.74) is 0.745. The van der Waals surface area contributed by atoms with Crippen LogP contribution in [0.15, 0.2) is 54.6 Å². The molecule has 0 aliphatic rings. The third kappa shape index (κ3) is 6.41. The fourth-order valence-electron chi connectivity index (χ4n) is 2.60. The first-order valence-electron chi connectivity index (χ1n) is 8.73. The highest BCUT2D eigenvalue weighted by Gasteiger charge is 2.24. The Morgan fingerprint density at radius 1 is 1.08 bits per heavy atom. The molecule has 2 aromatic carbocycles. The van der Waals surface area contributed by atoms with Gasteiger partial charge in [-0.2, -0.15) is 0 Å². The van der Waals surface area contributed by atoms with Crippen molar-refractivity contribution in [2.45, 2.75) is 19.8 Å². The third-order valence-electron chi connectivity index (χ3n) is 4.23. The lowest BCUT2D eigenvalue weighted by Gasteiger charge is -2.27. The quantitative estimate of drug-likeness (QED) is 0.686. The summed E-state index contributed by atoms with van der Waals surface area (Å²) in [6.45, 7) is 2.69. The molecule has 2 N–H and O–H groups in total. The number of methoxy groups -OCH3 is 1. The molecular formula is C21H27NO4. The number of carbonyl (C=O) groups excluding carboxylic acids is 1. The molecule has 5 nitrogen and oxygen atoms in total. The van der Waals surface area contributed by atoms with Crippen LogP contribution in [0.3, 0.4) is 0 Å². The van der Waals surface area contributed by atoms with Crippen LogP contribution in [-0.4, -0.2) is 37.9 Å². The number of benzene rings is 2. The summed E-state index contributed by atoms with van der Waals surface area (Å²) >= 11 is 0. The van der Waals surface area contributed by atoms with Gasteiger partial charge in [0.05, 0.1) is 26.7 Å². The lowest BCUT2D eigenvalue weighted by molar-refractivity contribution is -0.122. The molecule has 140 valence electrons. The summed E-state index contributed by atoms with van der Waals surface area (Å²) in [5, 5.41) is 12.6. The van der Waals surface area contributed by atoms with Gasteiger partial charge in [-0.15, -0.1) is 0 Å². The Hall–Kier alpha value is -2.53. The van der Waals surface area contributed by atoms with Gasteiger partial charge in [0.1, 0.15) is 11.5 Å². The highest BCUT2D eigenvalue weighted by molar-refractivity contribution is 5.76. The zero-order chi connectivity index (χ0) is 18.8. The number of hydrogen-bond donors (Lipinski definition) is 2. The molecule has 0 aliphatic heterocycles. The highest BCUT2D eigenvalue weighted by atomic mass is 16.5. The Labute approximate surface area is 155 Å². The Kier molecular flexibility index (Phi) is 7.48. The zero-order valence-electron chi connectivity index (χ0n) is 15.4. The zero-order valence-corrected chi connectivity index (χ0v) is 15.4. The van der Waals surface area contributed by atoms with Crippen LogP contribution < -0.4 is 14.8 Å². The van der Waals surface area contributed by atoms with Crippen molar-refractivity contribution in [2.75, 3.05) is 26.9 Å². The first kappa shape index (κ1) is 19.8. The van der Waals surface area contributed by atoms with Crippen LogP contribution in [0.4, 0.5) is 0 Å². The first-order valence-corrected chi connectivity index (χ1v) is 8.73. The fraction of sp³-hybridized carbons (Fsp3) is 0.381. The Balaban J connectivity index is 1.73. The van der Waals surface area contributed by atoms with Gasteiger partial charge in [-0.25, -0.2) is 0 Å². The van der Waals surface area contributed by atoms with Crippen LogP contribution in [0.2, 0.25) is 0 Å². The van der Waals surface area contributed by atoms with E-state index in [0.29, 0.717) is 25.3 Å². The number of nitrogens with one attached hydrogen (secondary N) is 1. The fourth-order valence-corrected chi connectivity index (χ4v) is 2.60. The number of amides is 1. The number of ether oxygens (including phenoxy) is 2. The maximum absolute atomic E-state index is 12.1. The van der Waals surface area contributed by atoms with E-state index in [9.17, 15) is 9.90 Å². The van der Waals surface area contributed by atoms with Crippen molar-refractivity contribution >= 4 is 5.91 Å². The van der Waals surface area contributed by atoms with Crippen molar-refractivity contribution in [2.24, 2.45) is 5.41 Å². The normalized spacial score (nSPS) is 12.9. The molecule has 0 bridgehead atoms. The minimum Gasteiger partial charge on any atom is -0.497 e. The van der Waals surface area contributed by atoms with Gasteiger partial charge in [-0.3, -0.25) is 4.79 Å². The summed E-state index contributed by atoms with van der Waals surface area (Å²) in [6.07, 6.45) is 0.964. The third-order valence-corrected chi connectivity index (χ3v) is 4.23. The second-order valence-corrected chi connectivity index (χ2v) is 6.68. The van der Waals surface area contributed by atoms with Gasteiger partial charge < -0.3 is 19.9 Å². The van der Waals surface area contributed by atoms with Crippen LogP contribution in [0.1, 0.15) is 18.9 Å². The molecule has 0 spiro atoms. The topological polar surface area (TPSA) is 67.8 Å². The summed E-state index contributed by atoms with van der Waals surface area (Å²) in [6, 6.07) is 17.2. The molecule has 1 amide bonds. The highest BCUT2D eigenvalue weighted by Crippen LogP contribution is 2.21. The smallest absolute Gasteiger partial charge is 0.223 e. The van der Waals surface area contributed by atoms with Crippen LogP contribution >= 0.6 is 0 Å². The molecule has 0 saturated heterocycles. The lowest BCUT2D eigenvalue weighted by atomic mass is 9.84. The van der Waals surface area contributed by atoms with E-state index in [-0.39, 0.29) is 18.9 Å². The monoisotopic (exact) mass is 357 g/mol. The van der Waals surface area contributed by atoms with Crippen molar-refractivity contribution < 1.29 is 19.4 Å². The van der Waals surface area contributed by atoms with Gasteiger partial charge in [-0.1, -0.05) is 37.3 Å². The number of aliphatic hydroxyl groups excluding tert-OH is 1. The number of aliphatic hydroxyl groups is 1. The Bertz CT molecular complexity index is 672. The minimum atomic E-state index is -0.395. The standard InChI is InChI=1S/C21H27NO4/c1-21(16-23,14-17-6-4-3-5-7-17)15-22-20(24)12-13-26-19-10-8-18(25-2)9-11-19/h3-11,23H,12-16H2,1-2H3,(H,22,24). The average molecular weight is 357 g/mol. The van der Waals surface area contributed by atoms with E-state index in [1.165, 1.54) is 0 Å². The van der Waals surface area contributed by atoms with Crippen molar-refractivity contribution in [1.82, 2.24) is 5.32 Å². The summed E-state index contributed by atoms with van der Waals surface area (Å²) in [7, 11) is 1.61. The predicted molar refractivity (Wildman–Crippen MR) is 101 cm³/mol.